The van der Waals surface area contributed by atoms with E-state index >= 15 is 0 Å². The van der Waals surface area contributed by atoms with Crippen LogP contribution in [0.5, 0.6) is 0 Å². The minimum Gasteiger partial charge on any atom is -0.464 e. The topological polar surface area (TPSA) is 26.3 Å². The van der Waals surface area contributed by atoms with Crippen LogP contribution in [0.2, 0.25) is 0 Å². The molecule has 4 aromatic carbocycles. The summed E-state index contributed by atoms with van der Waals surface area (Å²) < 4.78 is 89.2. The predicted molar refractivity (Wildman–Crippen MR) is 131 cm³/mol. The summed E-state index contributed by atoms with van der Waals surface area (Å²) in [5.74, 6) is 0. The standard InChI is InChI=1S/C14H9BrO.C14H10O/c15-13-9-16-14-7-6-11(8-12(13)14)10-4-2-1-3-5-10;1-2-4-11(5-3-1)12-6-7-14-13(10-12)8-9-15-14/h1-9H;1-10H/i2*1D,2D,3D,4D,5D. The van der Waals surface area contributed by atoms with Gasteiger partial charge in [-0.25, -0.2) is 0 Å². The summed E-state index contributed by atoms with van der Waals surface area (Å²) in [4.78, 5) is 0. The molecule has 6 aromatic rings. The molecular formula is C28H19BrO2. The maximum absolute atomic E-state index is 7.99. The normalized spacial score (nSPS) is 15.3. The molecule has 0 unspecified atom stereocenters. The molecule has 150 valence electrons. The monoisotopic (exact) mass is 476 g/mol. The van der Waals surface area contributed by atoms with Crippen LogP contribution in [0.1, 0.15) is 13.7 Å². The number of fused-ring (bicyclic) bond motifs is 2. The van der Waals surface area contributed by atoms with E-state index in [1.54, 1.807) is 55.0 Å². The Morgan fingerprint density at radius 1 is 0.613 bits per heavy atom. The van der Waals surface area contributed by atoms with Crippen molar-refractivity contribution in [2.24, 2.45) is 0 Å². The molecule has 2 nitrogen and oxygen atoms in total. The van der Waals surface area contributed by atoms with E-state index in [1.807, 2.05) is 0 Å². The first-order chi connectivity index (χ1) is 19.4. The molecule has 0 saturated heterocycles. The molecule has 0 amide bonds. The summed E-state index contributed by atoms with van der Waals surface area (Å²) in [5.41, 5.74) is 2.90. The van der Waals surface area contributed by atoms with E-state index in [9.17, 15) is 0 Å². The van der Waals surface area contributed by atoms with Gasteiger partial charge in [0.05, 0.1) is 24.4 Å². The van der Waals surface area contributed by atoms with Gasteiger partial charge < -0.3 is 8.83 Å². The summed E-state index contributed by atoms with van der Waals surface area (Å²) in [6.45, 7) is 0. The summed E-state index contributed by atoms with van der Waals surface area (Å²) in [7, 11) is 0. The van der Waals surface area contributed by atoms with E-state index in [4.69, 9.17) is 22.5 Å². The van der Waals surface area contributed by atoms with Crippen molar-refractivity contribution in [1.29, 1.82) is 0 Å². The Hall–Kier alpha value is -3.56. The van der Waals surface area contributed by atoms with E-state index in [-0.39, 0.29) is 71.6 Å². The van der Waals surface area contributed by atoms with Crippen LogP contribution in [0.3, 0.4) is 0 Å². The predicted octanol–water partition coefficient (Wildman–Crippen LogP) is 8.96. The first-order valence-electron chi connectivity index (χ1n) is 14.2. The zero-order valence-corrected chi connectivity index (χ0v) is 17.5. The Morgan fingerprint density at radius 3 is 1.90 bits per heavy atom. The Morgan fingerprint density at radius 2 is 1.23 bits per heavy atom. The summed E-state index contributed by atoms with van der Waals surface area (Å²) in [5, 5.41) is 1.62. The van der Waals surface area contributed by atoms with Crippen LogP contribution in [0.15, 0.2) is 129 Å². The SMILES string of the molecule is [2H]c1c([2H])c([2H])c(-c2ccc3occ(Br)c3c2)c([2H])c1[2H].[2H]c1c([2H])c([2H])c(-c2ccc3occc3c2)c([2H])c1[2H]. The minimum atomic E-state index is -0.390. The van der Waals surface area contributed by atoms with Gasteiger partial charge in [0.2, 0.25) is 0 Å². The summed E-state index contributed by atoms with van der Waals surface area (Å²) in [6, 6.07) is 9.20. The number of furan rings is 2. The smallest absolute Gasteiger partial charge is 0.135 e. The second kappa shape index (κ2) is 8.66. The zero-order chi connectivity index (χ0) is 29.7. The number of benzene rings is 4. The third kappa shape index (κ3) is 4.18. The van der Waals surface area contributed by atoms with Crippen LogP contribution < -0.4 is 0 Å². The molecule has 0 radical (unpaired) electrons. The highest BCUT2D eigenvalue weighted by Crippen LogP contribution is 2.30. The fourth-order valence-corrected chi connectivity index (χ4v) is 3.47. The lowest BCUT2D eigenvalue weighted by Gasteiger charge is -2.00. The van der Waals surface area contributed by atoms with Gasteiger partial charge in [-0.1, -0.05) is 72.6 Å². The molecule has 0 aliphatic rings. The Balaban J connectivity index is 0.000000165. The van der Waals surface area contributed by atoms with E-state index in [0.29, 0.717) is 22.3 Å². The number of hydrogen-bond acceptors (Lipinski definition) is 2. The number of halogens is 1. The Bertz CT molecular complexity index is 1920. The van der Waals surface area contributed by atoms with Gasteiger partial charge in [-0.3, -0.25) is 0 Å². The van der Waals surface area contributed by atoms with Crippen LogP contribution >= 0.6 is 15.9 Å². The zero-order valence-electron chi connectivity index (χ0n) is 25.9. The van der Waals surface area contributed by atoms with Crippen molar-refractivity contribution in [1.82, 2.24) is 0 Å². The lowest BCUT2D eigenvalue weighted by molar-refractivity contribution is 0.614. The van der Waals surface area contributed by atoms with Gasteiger partial charge >= 0.3 is 0 Å². The lowest BCUT2D eigenvalue weighted by atomic mass is 10.0. The molecule has 3 heteroatoms. The van der Waals surface area contributed by atoms with E-state index in [1.165, 1.54) is 0 Å². The van der Waals surface area contributed by atoms with Crippen molar-refractivity contribution >= 4 is 37.9 Å². The van der Waals surface area contributed by atoms with Crippen molar-refractivity contribution in [3.63, 3.8) is 0 Å². The quantitative estimate of drug-likeness (QED) is 0.249. The van der Waals surface area contributed by atoms with Crippen LogP contribution in [0.25, 0.3) is 44.2 Å². The first-order valence-corrected chi connectivity index (χ1v) is 10.00. The van der Waals surface area contributed by atoms with E-state index < -0.39 is 0 Å². The van der Waals surface area contributed by atoms with Gasteiger partial charge in [-0.05, 0) is 68.5 Å². The van der Waals surface area contributed by atoms with Crippen molar-refractivity contribution in [2.75, 3.05) is 0 Å². The maximum Gasteiger partial charge on any atom is 0.135 e. The molecule has 0 aliphatic heterocycles. The fourth-order valence-electron chi connectivity index (χ4n) is 3.06. The molecule has 2 aromatic heterocycles. The molecule has 6 rings (SSSR count). The third-order valence-electron chi connectivity index (χ3n) is 4.56. The molecule has 0 N–H and O–H groups in total. The van der Waals surface area contributed by atoms with Crippen LogP contribution in [-0.4, -0.2) is 0 Å². The molecule has 0 fully saturated rings. The largest absolute Gasteiger partial charge is 0.464 e. The van der Waals surface area contributed by atoms with Crippen molar-refractivity contribution in [3.8, 4) is 22.3 Å². The van der Waals surface area contributed by atoms with E-state index in [0.717, 1.165) is 15.2 Å². The van der Waals surface area contributed by atoms with Gasteiger partial charge in [0.1, 0.15) is 17.4 Å². The highest BCUT2D eigenvalue weighted by molar-refractivity contribution is 9.10. The Labute approximate surface area is 202 Å². The number of hydrogen-bond donors (Lipinski definition) is 0. The van der Waals surface area contributed by atoms with Gasteiger partial charge in [-0.2, -0.15) is 0 Å². The third-order valence-corrected chi connectivity index (χ3v) is 5.17. The molecule has 0 bridgehead atoms. The van der Waals surface area contributed by atoms with Crippen LogP contribution in [-0.2, 0) is 0 Å². The van der Waals surface area contributed by atoms with Crippen molar-refractivity contribution in [2.45, 2.75) is 0 Å². The van der Waals surface area contributed by atoms with Gasteiger partial charge in [0.15, 0.2) is 0 Å². The fraction of sp³-hybridized carbons (Fsp3) is 0. The summed E-state index contributed by atoms with van der Waals surface area (Å²) >= 11 is 3.36. The molecule has 31 heavy (non-hydrogen) atoms. The lowest BCUT2D eigenvalue weighted by Crippen LogP contribution is -1.76. The van der Waals surface area contributed by atoms with Crippen LogP contribution in [0, 0.1) is 0 Å². The highest BCUT2D eigenvalue weighted by atomic mass is 79.9. The average molecular weight is 477 g/mol. The van der Waals surface area contributed by atoms with Gasteiger partial charge in [0, 0.05) is 10.8 Å². The second-order valence-electron chi connectivity index (χ2n) is 6.47. The average Bonchev–Trinajstić information content (AvgIpc) is 3.59. The molecule has 0 aliphatic carbocycles. The van der Waals surface area contributed by atoms with Crippen molar-refractivity contribution in [3.05, 3.63) is 120 Å². The minimum absolute atomic E-state index is 0.191. The van der Waals surface area contributed by atoms with Crippen molar-refractivity contribution < 1.29 is 22.5 Å². The highest BCUT2D eigenvalue weighted by Gasteiger charge is 2.05. The first kappa shape index (κ1) is 11.2. The molecule has 2 heterocycles. The number of rotatable bonds is 2. The van der Waals surface area contributed by atoms with Gasteiger partial charge in [-0.15, -0.1) is 0 Å². The molecule has 0 atom stereocenters. The Kier molecular flexibility index (Phi) is 3.12. The molecular weight excluding hydrogens is 448 g/mol. The molecule has 0 spiro atoms. The molecule has 0 saturated carbocycles. The second-order valence-corrected chi connectivity index (χ2v) is 7.32. The van der Waals surface area contributed by atoms with Crippen LogP contribution in [0.4, 0.5) is 0 Å². The van der Waals surface area contributed by atoms with E-state index in [2.05, 4.69) is 15.9 Å². The van der Waals surface area contributed by atoms with Gasteiger partial charge in [0.25, 0.3) is 0 Å². The maximum atomic E-state index is 7.99. The summed E-state index contributed by atoms with van der Waals surface area (Å²) in [6.07, 6.45) is 3.10.